The van der Waals surface area contributed by atoms with Crippen molar-refractivity contribution in [1.82, 2.24) is 8.75 Å². The van der Waals surface area contributed by atoms with Crippen LogP contribution in [0.2, 0.25) is 5.02 Å². The number of fused-ring (bicyclic) bond motifs is 1. The maximum atomic E-state index is 12.3. The molecule has 4 nitrogen and oxygen atoms in total. The van der Waals surface area contributed by atoms with E-state index in [1.807, 2.05) is 6.07 Å². The molecule has 1 heterocycles. The van der Waals surface area contributed by atoms with E-state index in [9.17, 15) is 4.79 Å². The van der Waals surface area contributed by atoms with Gasteiger partial charge in [0.15, 0.2) is 0 Å². The van der Waals surface area contributed by atoms with Gasteiger partial charge in [-0.25, -0.2) is 0 Å². The average Bonchev–Trinajstić information content (AvgIpc) is 2.99. The Bertz CT molecular complexity index is 819. The summed E-state index contributed by atoms with van der Waals surface area (Å²) in [4.78, 5) is 12.3. The summed E-state index contributed by atoms with van der Waals surface area (Å²) in [6.07, 6.45) is 0. The van der Waals surface area contributed by atoms with Gasteiger partial charge in [0, 0.05) is 11.4 Å². The van der Waals surface area contributed by atoms with E-state index in [0.29, 0.717) is 33.2 Å². The Hall–Kier alpha value is -1.69. The molecule has 7 heteroatoms. The fourth-order valence-electron chi connectivity index (χ4n) is 1.93. The summed E-state index contributed by atoms with van der Waals surface area (Å²) in [5.74, 6) is 0.0948. The predicted octanol–water partition coefficient (Wildman–Crippen LogP) is 4.34. The summed E-state index contributed by atoms with van der Waals surface area (Å²) >= 11 is 13.0. The van der Waals surface area contributed by atoms with Crippen molar-refractivity contribution >= 4 is 57.6 Å². The Balaban J connectivity index is 1.96. The molecule has 3 rings (SSSR count). The second kappa shape index (κ2) is 5.97. The minimum atomic E-state index is -0.260. The Morgan fingerprint density at radius 3 is 2.90 bits per heavy atom. The molecule has 0 aliphatic carbocycles. The molecule has 0 aliphatic rings. The SMILES string of the molecule is O=C(Nc1c(Cl)ccc2nsnc12)c1cccc(CCl)c1. The van der Waals surface area contributed by atoms with Crippen LogP contribution in [0.1, 0.15) is 15.9 Å². The normalized spacial score (nSPS) is 10.8. The molecule has 0 fully saturated rings. The number of amides is 1. The van der Waals surface area contributed by atoms with Gasteiger partial charge in [-0.05, 0) is 29.8 Å². The van der Waals surface area contributed by atoms with Crippen LogP contribution in [-0.2, 0) is 5.88 Å². The monoisotopic (exact) mass is 337 g/mol. The van der Waals surface area contributed by atoms with E-state index in [-0.39, 0.29) is 5.91 Å². The van der Waals surface area contributed by atoms with Gasteiger partial charge < -0.3 is 5.32 Å². The van der Waals surface area contributed by atoms with Crippen molar-refractivity contribution in [2.75, 3.05) is 5.32 Å². The molecule has 1 amide bonds. The van der Waals surface area contributed by atoms with Gasteiger partial charge >= 0.3 is 0 Å². The van der Waals surface area contributed by atoms with E-state index >= 15 is 0 Å². The molecule has 3 aromatic rings. The Kier molecular flexibility index (Phi) is 4.05. The van der Waals surface area contributed by atoms with Crippen LogP contribution in [0.4, 0.5) is 5.69 Å². The number of rotatable bonds is 3. The van der Waals surface area contributed by atoms with Gasteiger partial charge in [-0.3, -0.25) is 4.79 Å². The van der Waals surface area contributed by atoms with Crippen LogP contribution in [-0.4, -0.2) is 14.7 Å². The summed E-state index contributed by atoms with van der Waals surface area (Å²) in [5.41, 5.74) is 3.17. The molecule has 106 valence electrons. The summed E-state index contributed by atoms with van der Waals surface area (Å²) in [7, 11) is 0. The highest BCUT2D eigenvalue weighted by Crippen LogP contribution is 2.30. The quantitative estimate of drug-likeness (QED) is 0.723. The van der Waals surface area contributed by atoms with Crippen molar-refractivity contribution < 1.29 is 4.79 Å². The molecular formula is C14H9Cl2N3OS. The highest BCUT2D eigenvalue weighted by atomic mass is 35.5. The standard InChI is InChI=1S/C14H9Cl2N3OS/c15-7-8-2-1-3-9(6-8)14(20)17-12-10(16)4-5-11-13(12)19-21-18-11/h1-6H,7H2,(H,17,20). The molecule has 0 radical (unpaired) electrons. The number of carbonyl (C=O) groups is 1. The molecule has 0 aliphatic heterocycles. The van der Waals surface area contributed by atoms with Crippen molar-refractivity contribution in [2.24, 2.45) is 0 Å². The highest BCUT2D eigenvalue weighted by molar-refractivity contribution is 7.00. The van der Waals surface area contributed by atoms with Crippen LogP contribution in [0, 0.1) is 0 Å². The smallest absolute Gasteiger partial charge is 0.255 e. The second-order valence-electron chi connectivity index (χ2n) is 4.34. The molecule has 1 N–H and O–H groups in total. The molecule has 1 aromatic heterocycles. The Labute approximate surface area is 135 Å². The van der Waals surface area contributed by atoms with E-state index in [2.05, 4.69) is 14.1 Å². The summed E-state index contributed by atoms with van der Waals surface area (Å²) in [6, 6.07) is 10.6. The first-order valence-corrected chi connectivity index (χ1v) is 7.70. The van der Waals surface area contributed by atoms with E-state index < -0.39 is 0 Å². The van der Waals surface area contributed by atoms with Crippen LogP contribution < -0.4 is 5.32 Å². The molecular weight excluding hydrogens is 329 g/mol. The minimum absolute atomic E-state index is 0.260. The zero-order valence-corrected chi connectivity index (χ0v) is 13.0. The van der Waals surface area contributed by atoms with Gasteiger partial charge in [0.2, 0.25) is 0 Å². The van der Waals surface area contributed by atoms with Crippen LogP contribution in [0.3, 0.4) is 0 Å². The van der Waals surface area contributed by atoms with Crippen LogP contribution >= 0.6 is 34.9 Å². The van der Waals surface area contributed by atoms with E-state index in [4.69, 9.17) is 23.2 Å². The number of hydrogen-bond donors (Lipinski definition) is 1. The molecule has 0 saturated carbocycles. The maximum Gasteiger partial charge on any atom is 0.255 e. The zero-order valence-electron chi connectivity index (χ0n) is 10.6. The maximum absolute atomic E-state index is 12.3. The van der Waals surface area contributed by atoms with Crippen molar-refractivity contribution in [3.8, 4) is 0 Å². The molecule has 2 aromatic carbocycles. The lowest BCUT2D eigenvalue weighted by atomic mass is 10.1. The first-order valence-electron chi connectivity index (χ1n) is 6.06. The van der Waals surface area contributed by atoms with Crippen molar-refractivity contribution in [2.45, 2.75) is 5.88 Å². The van der Waals surface area contributed by atoms with E-state index in [1.54, 1.807) is 30.3 Å². The molecule has 0 spiro atoms. The summed E-state index contributed by atoms with van der Waals surface area (Å²) in [5, 5.41) is 3.22. The second-order valence-corrected chi connectivity index (χ2v) is 5.55. The van der Waals surface area contributed by atoms with Crippen molar-refractivity contribution in [3.63, 3.8) is 0 Å². The van der Waals surface area contributed by atoms with Gasteiger partial charge in [-0.15, -0.1) is 11.6 Å². The number of benzene rings is 2. The van der Waals surface area contributed by atoms with Crippen molar-refractivity contribution in [3.05, 3.63) is 52.5 Å². The number of nitrogens with one attached hydrogen (secondary N) is 1. The first-order chi connectivity index (χ1) is 10.2. The Morgan fingerprint density at radius 1 is 1.24 bits per heavy atom. The molecule has 21 heavy (non-hydrogen) atoms. The van der Waals surface area contributed by atoms with Crippen LogP contribution in [0.25, 0.3) is 11.0 Å². The topological polar surface area (TPSA) is 54.9 Å². The third-order valence-corrected chi connectivity index (χ3v) is 4.13. The number of aromatic nitrogens is 2. The lowest BCUT2D eigenvalue weighted by Gasteiger charge is -2.08. The van der Waals surface area contributed by atoms with Crippen molar-refractivity contribution in [1.29, 1.82) is 0 Å². The van der Waals surface area contributed by atoms with Gasteiger partial charge in [-0.1, -0.05) is 23.7 Å². The molecule has 0 atom stereocenters. The third kappa shape index (κ3) is 2.85. The number of halogens is 2. The van der Waals surface area contributed by atoms with Gasteiger partial charge in [0.1, 0.15) is 11.0 Å². The highest BCUT2D eigenvalue weighted by Gasteiger charge is 2.14. The molecule has 0 saturated heterocycles. The van der Waals surface area contributed by atoms with Crippen LogP contribution in [0.5, 0.6) is 0 Å². The largest absolute Gasteiger partial charge is 0.319 e. The lowest BCUT2D eigenvalue weighted by molar-refractivity contribution is 0.102. The minimum Gasteiger partial charge on any atom is -0.319 e. The zero-order chi connectivity index (χ0) is 14.8. The average molecular weight is 338 g/mol. The summed E-state index contributed by atoms with van der Waals surface area (Å²) < 4.78 is 8.30. The van der Waals surface area contributed by atoms with Gasteiger partial charge in [0.25, 0.3) is 5.91 Å². The third-order valence-electron chi connectivity index (χ3n) is 2.96. The van der Waals surface area contributed by atoms with Crippen LogP contribution in [0.15, 0.2) is 36.4 Å². The number of hydrogen-bond acceptors (Lipinski definition) is 4. The summed E-state index contributed by atoms with van der Waals surface area (Å²) in [6.45, 7) is 0. The number of carbonyl (C=O) groups excluding carboxylic acids is 1. The molecule has 0 bridgehead atoms. The predicted molar refractivity (Wildman–Crippen MR) is 86.4 cm³/mol. The Morgan fingerprint density at radius 2 is 2.10 bits per heavy atom. The fourth-order valence-corrected chi connectivity index (χ4v) is 2.84. The van der Waals surface area contributed by atoms with Gasteiger partial charge in [-0.2, -0.15) is 8.75 Å². The fraction of sp³-hybridized carbons (Fsp3) is 0.0714. The van der Waals surface area contributed by atoms with E-state index in [0.717, 1.165) is 17.3 Å². The number of alkyl halides is 1. The lowest BCUT2D eigenvalue weighted by Crippen LogP contribution is -2.12. The number of nitrogens with zero attached hydrogens (tertiary/aromatic N) is 2. The van der Waals surface area contributed by atoms with E-state index in [1.165, 1.54) is 0 Å². The number of anilines is 1. The molecule has 0 unspecified atom stereocenters. The van der Waals surface area contributed by atoms with Gasteiger partial charge in [0.05, 0.1) is 22.4 Å². The first kappa shape index (κ1) is 14.3.